The molecule has 1 aliphatic heterocycles. The molecule has 0 aliphatic carbocycles. The molecule has 1 fully saturated rings. The summed E-state index contributed by atoms with van der Waals surface area (Å²) >= 11 is 5.92. The van der Waals surface area contributed by atoms with Gasteiger partial charge in [-0.25, -0.2) is 9.97 Å². The molecule has 0 saturated carbocycles. The maximum atomic E-state index is 12.3. The van der Waals surface area contributed by atoms with Gasteiger partial charge in [-0.2, -0.15) is 0 Å². The molecule has 0 bridgehead atoms. The normalized spacial score (nSPS) is 16.8. The molecule has 126 valence electrons. The first-order chi connectivity index (χ1) is 11.6. The van der Waals surface area contributed by atoms with Gasteiger partial charge in [0.25, 0.3) is 5.91 Å². The van der Waals surface area contributed by atoms with Gasteiger partial charge in [-0.3, -0.25) is 4.79 Å². The van der Waals surface area contributed by atoms with Crippen molar-refractivity contribution in [3.8, 4) is 0 Å². The SMILES string of the molecule is Cc1cc(Cl)ccc1NC(=O)c1cnc(NCC2CCCO2)nc1. The Morgan fingerprint density at radius 3 is 2.83 bits per heavy atom. The largest absolute Gasteiger partial charge is 0.376 e. The fourth-order valence-corrected chi connectivity index (χ4v) is 2.74. The number of carbonyl (C=O) groups excluding carboxylic acids is 1. The van der Waals surface area contributed by atoms with Crippen LogP contribution in [0.2, 0.25) is 5.02 Å². The van der Waals surface area contributed by atoms with Crippen molar-refractivity contribution in [2.24, 2.45) is 0 Å². The van der Waals surface area contributed by atoms with Crippen molar-refractivity contribution < 1.29 is 9.53 Å². The number of amides is 1. The highest BCUT2D eigenvalue weighted by Gasteiger charge is 2.15. The first kappa shape index (κ1) is 16.7. The Morgan fingerprint density at radius 2 is 2.17 bits per heavy atom. The van der Waals surface area contributed by atoms with Gasteiger partial charge in [-0.1, -0.05) is 11.6 Å². The Balaban J connectivity index is 1.58. The zero-order chi connectivity index (χ0) is 16.9. The predicted molar refractivity (Wildman–Crippen MR) is 93.6 cm³/mol. The van der Waals surface area contributed by atoms with Crippen molar-refractivity contribution in [3.63, 3.8) is 0 Å². The molecule has 1 unspecified atom stereocenters. The van der Waals surface area contributed by atoms with E-state index in [1.165, 1.54) is 12.4 Å². The molecule has 2 aromatic rings. The van der Waals surface area contributed by atoms with Crippen LogP contribution in [0.1, 0.15) is 28.8 Å². The van der Waals surface area contributed by atoms with E-state index in [2.05, 4.69) is 20.6 Å². The van der Waals surface area contributed by atoms with Crippen LogP contribution < -0.4 is 10.6 Å². The lowest BCUT2D eigenvalue weighted by Gasteiger charge is -2.11. The smallest absolute Gasteiger partial charge is 0.258 e. The highest BCUT2D eigenvalue weighted by molar-refractivity contribution is 6.30. The van der Waals surface area contributed by atoms with Gasteiger partial charge in [0.15, 0.2) is 0 Å². The molecule has 1 aliphatic rings. The molecule has 6 nitrogen and oxygen atoms in total. The van der Waals surface area contributed by atoms with Crippen molar-refractivity contribution in [2.45, 2.75) is 25.9 Å². The van der Waals surface area contributed by atoms with Crippen LogP contribution in [0.5, 0.6) is 0 Å². The van der Waals surface area contributed by atoms with E-state index >= 15 is 0 Å². The second kappa shape index (κ2) is 7.59. The average molecular weight is 347 g/mol. The minimum absolute atomic E-state index is 0.212. The maximum absolute atomic E-state index is 12.3. The van der Waals surface area contributed by atoms with Gasteiger partial charge >= 0.3 is 0 Å². The van der Waals surface area contributed by atoms with E-state index in [4.69, 9.17) is 16.3 Å². The van der Waals surface area contributed by atoms with Crippen LogP contribution in [-0.4, -0.2) is 35.1 Å². The molecule has 2 heterocycles. The van der Waals surface area contributed by atoms with Crippen molar-refractivity contribution in [1.82, 2.24) is 9.97 Å². The zero-order valence-electron chi connectivity index (χ0n) is 13.4. The first-order valence-corrected chi connectivity index (χ1v) is 8.24. The zero-order valence-corrected chi connectivity index (χ0v) is 14.1. The minimum Gasteiger partial charge on any atom is -0.376 e. The van der Waals surface area contributed by atoms with Gasteiger partial charge < -0.3 is 15.4 Å². The predicted octanol–water partition coefficient (Wildman–Crippen LogP) is 3.28. The number of rotatable bonds is 5. The molecule has 2 N–H and O–H groups in total. The van der Waals surface area contributed by atoms with Crippen molar-refractivity contribution in [3.05, 3.63) is 46.7 Å². The summed E-state index contributed by atoms with van der Waals surface area (Å²) in [6, 6.07) is 5.30. The number of hydrogen-bond donors (Lipinski definition) is 2. The van der Waals surface area contributed by atoms with Crippen LogP contribution in [0.25, 0.3) is 0 Å². The van der Waals surface area contributed by atoms with Gasteiger partial charge in [0.05, 0.1) is 11.7 Å². The minimum atomic E-state index is -0.258. The summed E-state index contributed by atoms with van der Waals surface area (Å²) in [5.41, 5.74) is 2.00. The number of ether oxygens (including phenoxy) is 1. The Labute approximate surface area is 145 Å². The lowest BCUT2D eigenvalue weighted by molar-refractivity contribution is 0.102. The summed E-state index contributed by atoms with van der Waals surface area (Å²) < 4.78 is 5.53. The summed E-state index contributed by atoms with van der Waals surface area (Å²) in [7, 11) is 0. The van der Waals surface area contributed by atoms with Gasteiger partial charge in [0.2, 0.25) is 5.95 Å². The van der Waals surface area contributed by atoms with E-state index in [-0.39, 0.29) is 12.0 Å². The van der Waals surface area contributed by atoms with Crippen LogP contribution in [0.3, 0.4) is 0 Å². The number of carbonyl (C=O) groups is 1. The first-order valence-electron chi connectivity index (χ1n) is 7.87. The van der Waals surface area contributed by atoms with Gasteiger partial charge in [0.1, 0.15) is 0 Å². The number of nitrogens with zero attached hydrogens (tertiary/aromatic N) is 2. The molecule has 1 amide bonds. The molecular weight excluding hydrogens is 328 g/mol. The van der Waals surface area contributed by atoms with E-state index in [0.717, 1.165) is 25.0 Å². The van der Waals surface area contributed by atoms with Crippen molar-refractivity contribution >= 4 is 29.1 Å². The topological polar surface area (TPSA) is 76.1 Å². The number of aromatic nitrogens is 2. The highest BCUT2D eigenvalue weighted by Crippen LogP contribution is 2.20. The van der Waals surface area contributed by atoms with E-state index in [0.29, 0.717) is 28.8 Å². The Kier molecular flexibility index (Phi) is 5.27. The lowest BCUT2D eigenvalue weighted by atomic mass is 10.2. The molecule has 1 aromatic carbocycles. The molecule has 1 aromatic heterocycles. The molecular formula is C17H19ClN4O2. The molecule has 1 atom stereocenters. The van der Waals surface area contributed by atoms with Gasteiger partial charge in [-0.15, -0.1) is 0 Å². The van der Waals surface area contributed by atoms with Crippen LogP contribution in [0.4, 0.5) is 11.6 Å². The van der Waals surface area contributed by atoms with E-state index in [1.807, 2.05) is 6.92 Å². The Bertz CT molecular complexity index is 715. The van der Waals surface area contributed by atoms with E-state index in [1.54, 1.807) is 18.2 Å². The number of nitrogens with one attached hydrogen (secondary N) is 2. The molecule has 0 spiro atoms. The van der Waals surface area contributed by atoms with Crippen molar-refractivity contribution in [1.29, 1.82) is 0 Å². The lowest BCUT2D eigenvalue weighted by Crippen LogP contribution is -2.20. The molecule has 3 rings (SSSR count). The summed E-state index contributed by atoms with van der Waals surface area (Å²) in [6.45, 7) is 3.38. The summed E-state index contributed by atoms with van der Waals surface area (Å²) in [5.74, 6) is 0.232. The third-order valence-electron chi connectivity index (χ3n) is 3.86. The summed E-state index contributed by atoms with van der Waals surface area (Å²) in [4.78, 5) is 20.6. The summed E-state index contributed by atoms with van der Waals surface area (Å²) in [6.07, 6.45) is 5.37. The van der Waals surface area contributed by atoms with Crippen molar-refractivity contribution in [2.75, 3.05) is 23.8 Å². The standard InChI is InChI=1S/C17H19ClN4O2/c1-11-7-13(18)4-5-15(11)22-16(23)12-8-19-17(20-9-12)21-10-14-3-2-6-24-14/h4-5,7-9,14H,2-3,6,10H2,1H3,(H,22,23)(H,19,20,21). The Hall–Kier alpha value is -2.18. The number of benzene rings is 1. The fourth-order valence-electron chi connectivity index (χ4n) is 2.51. The maximum Gasteiger partial charge on any atom is 0.258 e. The highest BCUT2D eigenvalue weighted by atomic mass is 35.5. The van der Waals surface area contributed by atoms with Crippen LogP contribution in [0.15, 0.2) is 30.6 Å². The molecule has 1 saturated heterocycles. The van der Waals surface area contributed by atoms with Crippen LogP contribution in [-0.2, 0) is 4.74 Å². The molecule has 0 radical (unpaired) electrons. The number of anilines is 2. The van der Waals surface area contributed by atoms with E-state index < -0.39 is 0 Å². The van der Waals surface area contributed by atoms with Gasteiger partial charge in [0, 0.05) is 36.3 Å². The average Bonchev–Trinajstić information content (AvgIpc) is 3.09. The summed E-state index contributed by atoms with van der Waals surface area (Å²) in [5, 5.41) is 6.59. The number of halogens is 1. The number of hydrogen-bond acceptors (Lipinski definition) is 5. The second-order valence-electron chi connectivity index (χ2n) is 5.72. The van der Waals surface area contributed by atoms with Crippen LogP contribution >= 0.6 is 11.6 Å². The van der Waals surface area contributed by atoms with E-state index in [9.17, 15) is 4.79 Å². The molecule has 24 heavy (non-hydrogen) atoms. The second-order valence-corrected chi connectivity index (χ2v) is 6.16. The Morgan fingerprint density at radius 1 is 1.38 bits per heavy atom. The third kappa shape index (κ3) is 4.21. The number of aryl methyl sites for hydroxylation is 1. The van der Waals surface area contributed by atoms with Crippen LogP contribution in [0, 0.1) is 6.92 Å². The van der Waals surface area contributed by atoms with Gasteiger partial charge in [-0.05, 0) is 43.5 Å². The monoisotopic (exact) mass is 346 g/mol. The molecule has 7 heteroatoms. The quantitative estimate of drug-likeness (QED) is 0.868. The fraction of sp³-hybridized carbons (Fsp3) is 0.353. The third-order valence-corrected chi connectivity index (χ3v) is 4.10.